The number of anilines is 6. The van der Waals surface area contributed by atoms with Crippen molar-refractivity contribution in [1.29, 1.82) is 0 Å². The monoisotopic (exact) mass is 1250 g/mol. The molecule has 1 aliphatic carbocycles. The molecule has 0 aliphatic heterocycles. The molecular formula is C91H70N2Si2. The van der Waals surface area contributed by atoms with Gasteiger partial charge in [0.05, 0.1) is 5.69 Å². The summed E-state index contributed by atoms with van der Waals surface area (Å²) in [4.78, 5) is 4.98. The van der Waals surface area contributed by atoms with E-state index in [1.807, 2.05) is 0 Å². The van der Waals surface area contributed by atoms with Gasteiger partial charge in [-0.1, -0.05) is 335 Å². The maximum absolute atomic E-state index is 2.82. The van der Waals surface area contributed by atoms with Crippen LogP contribution in [0.5, 0.6) is 0 Å². The largest absolute Gasteiger partial charge is 0.310 e. The fourth-order valence-electron chi connectivity index (χ4n) is 15.5. The van der Waals surface area contributed by atoms with Crippen molar-refractivity contribution in [3.8, 4) is 33.4 Å². The van der Waals surface area contributed by atoms with Crippen molar-refractivity contribution in [3.63, 3.8) is 0 Å². The van der Waals surface area contributed by atoms with E-state index in [0.717, 1.165) is 34.1 Å². The van der Waals surface area contributed by atoms with Gasteiger partial charge in [0.2, 0.25) is 0 Å². The average molecular weight is 1250 g/mol. The van der Waals surface area contributed by atoms with Crippen LogP contribution in [0.15, 0.2) is 388 Å². The molecule has 0 amide bonds. The van der Waals surface area contributed by atoms with E-state index in [4.69, 9.17) is 0 Å². The van der Waals surface area contributed by atoms with Gasteiger partial charge in [0.1, 0.15) is 0 Å². The first-order valence-corrected chi connectivity index (χ1v) is 37.1. The van der Waals surface area contributed by atoms with Crippen LogP contribution in [0.2, 0.25) is 0 Å². The lowest BCUT2D eigenvalue weighted by molar-refractivity contribution is 0.661. The molecule has 0 heterocycles. The van der Waals surface area contributed by atoms with Crippen LogP contribution in [0.3, 0.4) is 0 Å². The number of nitrogens with zero attached hydrogens (tertiary/aromatic N) is 2. The molecule has 0 spiro atoms. The third kappa shape index (κ3) is 10.3. The summed E-state index contributed by atoms with van der Waals surface area (Å²) in [6.45, 7) is 4.87. The third-order valence-corrected chi connectivity index (χ3v) is 29.6. The minimum atomic E-state index is -2.82. The van der Waals surface area contributed by atoms with Gasteiger partial charge in [-0.15, -0.1) is 0 Å². The van der Waals surface area contributed by atoms with Crippen LogP contribution >= 0.6 is 0 Å². The first-order chi connectivity index (χ1) is 46.9. The fraction of sp³-hybridized carbons (Fsp3) is 0.0330. The van der Waals surface area contributed by atoms with E-state index in [2.05, 4.69) is 412 Å². The minimum Gasteiger partial charge on any atom is -0.310 e. The standard InChI is InChI=1S/C91H70N2Si2/c1-91(2)87-65-75(92(71-51-47-69(48-52-71)67-29-11-3-12-30-67)72-55-60-82(61-56-72)94(76-33-15-5-16-34-76,77-35-17-6-18-36-77)78-37-19-7-20-38-78)59-64-86(87)90-85-46-28-27-45-84(85)89(66-88(90)91)93(73-53-49-70(50-54-73)68-31-13-4-14-32-68)74-57-62-83(63-58-74)95(79-39-21-8-22-40-79,80-41-23-9-24-42-80)81-43-25-10-26-44-81/h3-66H,1-2H3. The molecule has 4 heteroatoms. The molecule has 0 atom stereocenters. The van der Waals surface area contributed by atoms with E-state index in [1.165, 1.54) is 96.8 Å². The molecule has 452 valence electrons. The Hall–Kier alpha value is -11.4. The Labute approximate surface area is 560 Å². The highest BCUT2D eigenvalue weighted by atomic mass is 28.3. The molecule has 2 nitrogen and oxygen atoms in total. The Morgan fingerprint density at radius 1 is 0.221 bits per heavy atom. The van der Waals surface area contributed by atoms with E-state index in [1.54, 1.807) is 0 Å². The molecule has 16 rings (SSSR count). The molecule has 1 aliphatic rings. The highest BCUT2D eigenvalue weighted by Crippen LogP contribution is 2.56. The molecule has 0 saturated carbocycles. The smallest absolute Gasteiger partial charge is 0.179 e. The van der Waals surface area contributed by atoms with Crippen molar-refractivity contribution in [2.75, 3.05) is 9.80 Å². The summed E-state index contributed by atoms with van der Waals surface area (Å²) in [7, 11) is -5.61. The molecular weight excluding hydrogens is 1180 g/mol. The van der Waals surface area contributed by atoms with E-state index in [0.29, 0.717) is 0 Å². The summed E-state index contributed by atoms with van der Waals surface area (Å²) < 4.78 is 0. The molecule has 0 unspecified atom stereocenters. The Kier molecular flexibility index (Phi) is 15.4. The minimum absolute atomic E-state index is 0.405. The normalized spacial score (nSPS) is 12.4. The fourth-order valence-corrected chi connectivity index (χ4v) is 25.0. The van der Waals surface area contributed by atoms with Gasteiger partial charge >= 0.3 is 0 Å². The summed E-state index contributed by atoms with van der Waals surface area (Å²) in [5, 5.41) is 13.2. The Bertz CT molecular complexity index is 4940. The third-order valence-electron chi connectivity index (χ3n) is 20.0. The Morgan fingerprint density at radius 2 is 0.495 bits per heavy atom. The topological polar surface area (TPSA) is 6.48 Å². The summed E-state index contributed by atoms with van der Waals surface area (Å²) in [5.74, 6) is 0. The number of hydrogen-bond acceptors (Lipinski definition) is 2. The predicted octanol–water partition coefficient (Wildman–Crippen LogP) is 18.2. The second kappa shape index (κ2) is 24.9. The summed E-state index contributed by atoms with van der Waals surface area (Å²) in [6, 6.07) is 145. The second-order valence-corrected chi connectivity index (χ2v) is 33.1. The lowest BCUT2D eigenvalue weighted by Crippen LogP contribution is -2.74. The van der Waals surface area contributed by atoms with Crippen LogP contribution in [0, 0.1) is 0 Å². The van der Waals surface area contributed by atoms with Gasteiger partial charge in [-0.05, 0) is 158 Å². The van der Waals surface area contributed by atoms with E-state index >= 15 is 0 Å². The van der Waals surface area contributed by atoms with Crippen molar-refractivity contribution < 1.29 is 0 Å². The highest BCUT2D eigenvalue weighted by molar-refractivity contribution is 7.20. The summed E-state index contributed by atoms with van der Waals surface area (Å²) >= 11 is 0. The molecule has 15 aromatic rings. The molecule has 0 fully saturated rings. The van der Waals surface area contributed by atoms with Gasteiger partial charge in [-0.25, -0.2) is 0 Å². The average Bonchev–Trinajstić information content (AvgIpc) is 1.58. The number of benzene rings is 15. The quantitative estimate of drug-likeness (QED) is 0.0703. The van der Waals surface area contributed by atoms with Crippen molar-refractivity contribution >= 4 is 103 Å². The molecule has 0 radical (unpaired) electrons. The lowest BCUT2D eigenvalue weighted by atomic mass is 9.81. The van der Waals surface area contributed by atoms with E-state index in [-0.39, 0.29) is 0 Å². The summed E-state index contributed by atoms with van der Waals surface area (Å²) in [6.07, 6.45) is 0. The van der Waals surface area contributed by atoms with Gasteiger partial charge in [0.15, 0.2) is 16.1 Å². The van der Waals surface area contributed by atoms with Gasteiger partial charge in [-0.3, -0.25) is 0 Å². The van der Waals surface area contributed by atoms with Crippen LogP contribution in [0.25, 0.3) is 44.2 Å². The zero-order chi connectivity index (χ0) is 63.8. The van der Waals surface area contributed by atoms with Crippen LogP contribution in [-0.2, 0) is 5.41 Å². The molecule has 0 aromatic heterocycles. The van der Waals surface area contributed by atoms with Gasteiger partial charge in [0.25, 0.3) is 0 Å². The predicted molar refractivity (Wildman–Crippen MR) is 409 cm³/mol. The Balaban J connectivity index is 0.849. The van der Waals surface area contributed by atoms with Crippen molar-refractivity contribution in [2.24, 2.45) is 0 Å². The van der Waals surface area contributed by atoms with Crippen molar-refractivity contribution in [1.82, 2.24) is 0 Å². The number of rotatable bonds is 16. The number of fused-ring (bicyclic) bond motifs is 5. The zero-order valence-corrected chi connectivity index (χ0v) is 55.3. The van der Waals surface area contributed by atoms with Crippen molar-refractivity contribution in [3.05, 3.63) is 399 Å². The highest BCUT2D eigenvalue weighted by Gasteiger charge is 2.44. The SMILES string of the molecule is CC1(C)c2cc(N(c3ccc(-c4ccccc4)cc3)c3ccc([Si](c4ccccc4)(c4ccccc4)c4ccccc4)cc3)ccc2-c2c1cc(N(c1ccc(-c3ccccc3)cc1)c1ccc([Si](c3ccccc3)(c3ccccc3)c3ccccc3)cc1)c1ccccc21. The van der Waals surface area contributed by atoms with Gasteiger partial charge < -0.3 is 9.80 Å². The summed E-state index contributed by atoms with van der Waals surface area (Å²) in [5.41, 5.74) is 16.1. The number of hydrogen-bond donors (Lipinski definition) is 0. The van der Waals surface area contributed by atoms with E-state index < -0.39 is 21.6 Å². The molecule has 0 N–H and O–H groups in total. The molecule has 0 saturated heterocycles. The first-order valence-electron chi connectivity index (χ1n) is 33.1. The molecule has 95 heavy (non-hydrogen) atoms. The zero-order valence-electron chi connectivity index (χ0n) is 53.3. The van der Waals surface area contributed by atoms with Crippen molar-refractivity contribution in [2.45, 2.75) is 19.3 Å². The van der Waals surface area contributed by atoms with Crippen LogP contribution in [0.4, 0.5) is 34.1 Å². The second-order valence-electron chi connectivity index (χ2n) is 25.5. The maximum Gasteiger partial charge on any atom is 0.179 e. The molecule has 0 bridgehead atoms. The first kappa shape index (κ1) is 58.7. The van der Waals surface area contributed by atoms with Crippen LogP contribution < -0.4 is 51.3 Å². The Morgan fingerprint density at radius 3 is 0.853 bits per heavy atom. The van der Waals surface area contributed by atoms with Crippen LogP contribution in [0.1, 0.15) is 25.0 Å². The maximum atomic E-state index is 2.52. The van der Waals surface area contributed by atoms with Gasteiger partial charge in [0, 0.05) is 39.2 Å². The molecule has 15 aromatic carbocycles. The van der Waals surface area contributed by atoms with Gasteiger partial charge in [-0.2, -0.15) is 0 Å². The van der Waals surface area contributed by atoms with Crippen LogP contribution in [-0.4, -0.2) is 16.1 Å². The lowest BCUT2D eigenvalue weighted by Gasteiger charge is -2.35. The van der Waals surface area contributed by atoms with E-state index in [9.17, 15) is 0 Å².